The number of amides is 2. The van der Waals surface area contributed by atoms with Gasteiger partial charge in [-0.05, 0) is 69.0 Å². The molecular weight excluding hydrogens is 644 g/mol. The summed E-state index contributed by atoms with van der Waals surface area (Å²) < 4.78 is 2.00. The summed E-state index contributed by atoms with van der Waals surface area (Å²) in [6, 6.07) is 8.08. The Balaban J connectivity index is 1.66. The molecule has 0 bridgehead atoms. The standard InChI is InChI=1S/C30H38Br2N2O2S2/c1-3-5-7-9-11-13-19-33-27(21-15-17-23(31)37-21)25-26(29(33)35)28(22-16-18-24(32)38-22)34(30(25)36)20-14-12-10-8-6-4-2/h15-18H,3-14,19-20H2,1-2H3. The summed E-state index contributed by atoms with van der Waals surface area (Å²) in [7, 11) is 0. The lowest BCUT2D eigenvalue weighted by molar-refractivity contribution is -0.124. The minimum absolute atomic E-state index is 0.0219. The van der Waals surface area contributed by atoms with Gasteiger partial charge in [0.1, 0.15) is 0 Å². The second-order valence-corrected chi connectivity index (χ2v) is 15.0. The normalized spacial score (nSPS) is 15.6. The van der Waals surface area contributed by atoms with Gasteiger partial charge in [0.25, 0.3) is 11.8 Å². The highest BCUT2D eigenvalue weighted by atomic mass is 79.9. The molecule has 4 nitrogen and oxygen atoms in total. The van der Waals surface area contributed by atoms with Crippen molar-refractivity contribution in [3.8, 4) is 0 Å². The van der Waals surface area contributed by atoms with E-state index in [2.05, 4.69) is 45.7 Å². The highest BCUT2D eigenvalue weighted by Gasteiger charge is 2.49. The fourth-order valence-electron chi connectivity index (χ4n) is 5.32. The van der Waals surface area contributed by atoms with Gasteiger partial charge in [-0.25, -0.2) is 0 Å². The summed E-state index contributed by atoms with van der Waals surface area (Å²) in [5.41, 5.74) is 2.80. The first-order valence-electron chi connectivity index (χ1n) is 14.1. The number of carbonyl (C=O) groups excluding carboxylic acids is 2. The van der Waals surface area contributed by atoms with Gasteiger partial charge in [-0.3, -0.25) is 9.59 Å². The van der Waals surface area contributed by atoms with Crippen LogP contribution in [0.4, 0.5) is 0 Å². The summed E-state index contributed by atoms with van der Waals surface area (Å²) in [4.78, 5) is 34.0. The highest BCUT2D eigenvalue weighted by molar-refractivity contribution is 9.11. The maximum Gasteiger partial charge on any atom is 0.261 e. The Morgan fingerprint density at radius 1 is 0.579 bits per heavy atom. The zero-order valence-electron chi connectivity index (χ0n) is 22.5. The summed E-state index contributed by atoms with van der Waals surface area (Å²) >= 11 is 10.4. The number of halogens is 2. The van der Waals surface area contributed by atoms with Crippen molar-refractivity contribution in [2.24, 2.45) is 0 Å². The Bertz CT molecular complexity index is 1100. The van der Waals surface area contributed by atoms with Crippen LogP contribution in [-0.2, 0) is 9.59 Å². The van der Waals surface area contributed by atoms with E-state index < -0.39 is 0 Å². The van der Waals surface area contributed by atoms with E-state index in [4.69, 9.17) is 0 Å². The molecule has 206 valence electrons. The Kier molecular flexibility index (Phi) is 11.3. The maximum atomic E-state index is 14.1. The van der Waals surface area contributed by atoms with E-state index in [-0.39, 0.29) is 11.8 Å². The van der Waals surface area contributed by atoms with Gasteiger partial charge in [0.2, 0.25) is 0 Å². The lowest BCUT2D eigenvalue weighted by Crippen LogP contribution is -2.30. The number of thiophene rings is 2. The number of nitrogens with zero attached hydrogens (tertiary/aromatic N) is 2. The van der Waals surface area contributed by atoms with Crippen LogP contribution in [-0.4, -0.2) is 34.7 Å². The molecule has 2 aliphatic rings. The van der Waals surface area contributed by atoms with Crippen LogP contribution >= 0.6 is 54.5 Å². The third kappa shape index (κ3) is 6.73. The second kappa shape index (κ2) is 14.4. The van der Waals surface area contributed by atoms with Crippen LogP contribution in [0.25, 0.3) is 11.4 Å². The van der Waals surface area contributed by atoms with Crippen molar-refractivity contribution in [3.63, 3.8) is 0 Å². The topological polar surface area (TPSA) is 40.6 Å². The molecule has 0 fully saturated rings. The van der Waals surface area contributed by atoms with Gasteiger partial charge in [0.05, 0.1) is 39.9 Å². The highest BCUT2D eigenvalue weighted by Crippen LogP contribution is 2.49. The Hall–Kier alpha value is -1.22. The van der Waals surface area contributed by atoms with Crippen molar-refractivity contribution in [3.05, 3.63) is 52.7 Å². The zero-order valence-corrected chi connectivity index (χ0v) is 27.3. The Morgan fingerprint density at radius 3 is 1.29 bits per heavy atom. The fourth-order valence-corrected chi connectivity index (χ4v) is 8.21. The molecule has 4 heterocycles. The number of fused-ring (bicyclic) bond motifs is 1. The average Bonchev–Trinajstić information content (AvgIpc) is 3.65. The molecule has 2 amide bonds. The van der Waals surface area contributed by atoms with Crippen LogP contribution in [0.2, 0.25) is 0 Å². The monoisotopic (exact) mass is 680 g/mol. The average molecular weight is 683 g/mol. The van der Waals surface area contributed by atoms with Crippen molar-refractivity contribution in [2.75, 3.05) is 13.1 Å². The molecule has 4 rings (SSSR count). The molecule has 0 atom stereocenters. The van der Waals surface area contributed by atoms with Crippen LogP contribution in [0.3, 0.4) is 0 Å². The van der Waals surface area contributed by atoms with Crippen molar-refractivity contribution >= 4 is 77.7 Å². The number of hydrogen-bond acceptors (Lipinski definition) is 4. The molecule has 2 aromatic heterocycles. The summed E-state index contributed by atoms with van der Waals surface area (Å²) in [6.45, 7) is 5.75. The zero-order chi connectivity index (χ0) is 27.1. The molecule has 0 saturated heterocycles. The summed E-state index contributed by atoms with van der Waals surface area (Å²) in [5.74, 6) is -0.0437. The van der Waals surface area contributed by atoms with E-state index >= 15 is 0 Å². The van der Waals surface area contributed by atoms with Crippen LogP contribution in [0.15, 0.2) is 43.0 Å². The van der Waals surface area contributed by atoms with E-state index in [0.717, 1.165) is 54.4 Å². The molecule has 0 saturated carbocycles. The van der Waals surface area contributed by atoms with Crippen molar-refractivity contribution < 1.29 is 9.59 Å². The van der Waals surface area contributed by atoms with Crippen LogP contribution in [0, 0.1) is 0 Å². The van der Waals surface area contributed by atoms with Gasteiger partial charge in [-0.2, -0.15) is 0 Å². The van der Waals surface area contributed by atoms with Crippen molar-refractivity contribution in [1.29, 1.82) is 0 Å². The predicted octanol–water partition coefficient (Wildman–Crippen LogP) is 9.86. The van der Waals surface area contributed by atoms with E-state index in [1.54, 1.807) is 22.7 Å². The third-order valence-corrected chi connectivity index (χ3v) is 10.5. The molecule has 0 unspecified atom stereocenters. The van der Waals surface area contributed by atoms with Gasteiger partial charge in [0.15, 0.2) is 0 Å². The minimum atomic E-state index is -0.0219. The molecular formula is C30H38Br2N2O2S2. The minimum Gasteiger partial charge on any atom is -0.306 e. The van der Waals surface area contributed by atoms with Gasteiger partial charge in [-0.1, -0.05) is 78.1 Å². The quantitative estimate of drug-likeness (QED) is 0.166. The van der Waals surface area contributed by atoms with Crippen molar-refractivity contribution in [2.45, 2.75) is 90.9 Å². The molecule has 0 aliphatic carbocycles. The second-order valence-electron chi connectivity index (χ2n) is 10.1. The maximum absolute atomic E-state index is 14.1. The lowest BCUT2D eigenvalue weighted by atomic mass is 10.1. The Labute approximate surface area is 252 Å². The molecule has 0 N–H and O–H groups in total. The molecule has 0 aromatic carbocycles. The molecule has 0 radical (unpaired) electrons. The molecule has 2 aliphatic heterocycles. The first-order chi connectivity index (χ1) is 18.5. The Morgan fingerprint density at radius 2 is 0.947 bits per heavy atom. The van der Waals surface area contributed by atoms with Gasteiger partial charge >= 0.3 is 0 Å². The first kappa shape index (κ1) is 29.8. The van der Waals surface area contributed by atoms with E-state index in [0.29, 0.717) is 24.2 Å². The van der Waals surface area contributed by atoms with Crippen LogP contribution in [0.5, 0.6) is 0 Å². The molecule has 0 spiro atoms. The smallest absolute Gasteiger partial charge is 0.261 e. The fraction of sp³-hybridized carbons (Fsp3) is 0.533. The summed E-state index contributed by atoms with van der Waals surface area (Å²) in [6.07, 6.45) is 13.9. The number of hydrogen-bond donors (Lipinski definition) is 0. The van der Waals surface area contributed by atoms with E-state index in [1.165, 1.54) is 51.4 Å². The summed E-state index contributed by atoms with van der Waals surface area (Å²) in [5, 5.41) is 0. The van der Waals surface area contributed by atoms with E-state index in [9.17, 15) is 9.59 Å². The van der Waals surface area contributed by atoms with Crippen LogP contribution in [0.1, 0.15) is 101 Å². The predicted molar refractivity (Wildman–Crippen MR) is 168 cm³/mol. The van der Waals surface area contributed by atoms with Gasteiger partial charge in [-0.15, -0.1) is 22.7 Å². The lowest BCUT2D eigenvalue weighted by Gasteiger charge is -2.24. The molecule has 8 heteroatoms. The van der Waals surface area contributed by atoms with Crippen molar-refractivity contribution in [1.82, 2.24) is 9.80 Å². The number of rotatable bonds is 16. The van der Waals surface area contributed by atoms with Gasteiger partial charge in [0, 0.05) is 13.1 Å². The van der Waals surface area contributed by atoms with E-state index in [1.807, 2.05) is 34.1 Å². The van der Waals surface area contributed by atoms with Crippen LogP contribution < -0.4 is 0 Å². The molecule has 38 heavy (non-hydrogen) atoms. The molecule has 2 aromatic rings. The SMILES string of the molecule is CCCCCCCCN1C(=O)C2=C(c3ccc(Br)s3)N(CCCCCCCC)C(=O)C2=C1c1ccc(Br)s1. The number of carbonyl (C=O) groups is 2. The third-order valence-electron chi connectivity index (χ3n) is 7.27. The van der Waals surface area contributed by atoms with Gasteiger partial charge < -0.3 is 9.80 Å². The number of unbranched alkanes of at least 4 members (excludes halogenated alkanes) is 10. The first-order valence-corrected chi connectivity index (χ1v) is 17.3. The largest absolute Gasteiger partial charge is 0.306 e.